The summed E-state index contributed by atoms with van der Waals surface area (Å²) in [6, 6.07) is 11.3. The summed E-state index contributed by atoms with van der Waals surface area (Å²) in [6.07, 6.45) is 0.411. The first-order valence-electron chi connectivity index (χ1n) is 9.19. The number of ether oxygens (including phenoxy) is 1. The van der Waals surface area contributed by atoms with Gasteiger partial charge in [0, 0.05) is 24.1 Å². The number of aromatic nitrogens is 2. The number of rotatable bonds is 8. The molecule has 0 atom stereocenters. The van der Waals surface area contributed by atoms with Crippen molar-refractivity contribution in [2.24, 2.45) is 0 Å². The van der Waals surface area contributed by atoms with E-state index in [4.69, 9.17) is 4.74 Å². The highest BCUT2D eigenvalue weighted by molar-refractivity contribution is 7.15. The molecule has 0 fully saturated rings. The molecule has 0 unspecified atom stereocenters. The Hall–Kier alpha value is -3.86. The highest BCUT2D eigenvalue weighted by atomic mass is 32.1. The van der Waals surface area contributed by atoms with Gasteiger partial charge in [-0.05, 0) is 31.2 Å². The van der Waals surface area contributed by atoms with Gasteiger partial charge in [-0.25, -0.2) is 0 Å². The van der Waals surface area contributed by atoms with E-state index < -0.39 is 10.8 Å². The Balaban J connectivity index is 1.57. The maximum Gasteiger partial charge on any atom is 0.285 e. The van der Waals surface area contributed by atoms with Gasteiger partial charge in [-0.1, -0.05) is 29.5 Å². The Morgan fingerprint density at radius 2 is 1.94 bits per heavy atom. The molecule has 1 heterocycles. The average Bonchev–Trinajstić information content (AvgIpc) is 3.20. The first-order chi connectivity index (χ1) is 14.9. The number of nitro benzene ring substituents is 1. The third-order valence-corrected chi connectivity index (χ3v) is 5.21. The molecule has 0 spiro atoms. The first-order valence-corrected chi connectivity index (χ1v) is 10.0. The van der Waals surface area contributed by atoms with Crippen LogP contribution in [0.3, 0.4) is 0 Å². The fourth-order valence-electron chi connectivity index (χ4n) is 2.80. The van der Waals surface area contributed by atoms with Crippen LogP contribution >= 0.6 is 11.3 Å². The van der Waals surface area contributed by atoms with Crippen molar-refractivity contribution in [1.82, 2.24) is 15.5 Å². The maximum absolute atomic E-state index is 12.5. The summed E-state index contributed by atoms with van der Waals surface area (Å²) in [4.78, 5) is 35.4. The van der Waals surface area contributed by atoms with E-state index in [-0.39, 0.29) is 22.3 Å². The summed E-state index contributed by atoms with van der Waals surface area (Å²) < 4.78 is 5.10. The average molecular weight is 441 g/mol. The Morgan fingerprint density at radius 1 is 1.16 bits per heavy atom. The van der Waals surface area contributed by atoms with Crippen molar-refractivity contribution in [3.63, 3.8) is 0 Å². The number of anilines is 1. The topological polar surface area (TPSA) is 136 Å². The predicted octanol–water partition coefficient (Wildman–Crippen LogP) is 2.99. The normalized spacial score (nSPS) is 10.4. The number of nitrogens with zero attached hydrogens (tertiary/aromatic N) is 3. The Labute approximate surface area is 181 Å². The number of methoxy groups -OCH3 is 1. The summed E-state index contributed by atoms with van der Waals surface area (Å²) in [7, 11) is 1.53. The van der Waals surface area contributed by atoms with Crippen LogP contribution in [-0.2, 0) is 6.42 Å². The summed E-state index contributed by atoms with van der Waals surface area (Å²) >= 11 is 1.13. The number of para-hydroxylation sites is 1. The van der Waals surface area contributed by atoms with Crippen molar-refractivity contribution in [3.8, 4) is 5.75 Å². The minimum Gasteiger partial charge on any atom is -0.497 e. The van der Waals surface area contributed by atoms with Gasteiger partial charge in [0.25, 0.3) is 17.5 Å². The van der Waals surface area contributed by atoms with Crippen molar-refractivity contribution in [3.05, 3.63) is 74.3 Å². The number of carbonyl (C=O) groups excluding carboxylic acids is 2. The van der Waals surface area contributed by atoms with Gasteiger partial charge in [-0.15, -0.1) is 10.2 Å². The molecule has 11 heteroatoms. The lowest BCUT2D eigenvalue weighted by Gasteiger charge is -2.05. The van der Waals surface area contributed by atoms with E-state index >= 15 is 0 Å². The third-order valence-electron chi connectivity index (χ3n) is 4.31. The van der Waals surface area contributed by atoms with Crippen LogP contribution in [0.25, 0.3) is 0 Å². The molecule has 0 aliphatic rings. The minimum atomic E-state index is -0.635. The van der Waals surface area contributed by atoms with E-state index in [0.717, 1.165) is 11.3 Å². The zero-order chi connectivity index (χ0) is 22.4. The number of nitro groups is 1. The van der Waals surface area contributed by atoms with Gasteiger partial charge in [-0.2, -0.15) is 0 Å². The van der Waals surface area contributed by atoms with Gasteiger partial charge in [0.2, 0.25) is 5.13 Å². The highest BCUT2D eigenvalue weighted by Crippen LogP contribution is 2.25. The molecule has 160 valence electrons. The van der Waals surface area contributed by atoms with Gasteiger partial charge in [0.15, 0.2) is 0 Å². The lowest BCUT2D eigenvalue weighted by Crippen LogP contribution is -2.25. The zero-order valence-electron chi connectivity index (χ0n) is 16.7. The molecule has 0 radical (unpaired) electrons. The number of hydrogen-bond acceptors (Lipinski definition) is 8. The molecule has 3 rings (SSSR count). The van der Waals surface area contributed by atoms with Crippen LogP contribution in [0.2, 0.25) is 0 Å². The second kappa shape index (κ2) is 9.76. The number of nitrogens with one attached hydrogen (secondary N) is 2. The number of benzene rings is 2. The predicted molar refractivity (Wildman–Crippen MR) is 115 cm³/mol. The van der Waals surface area contributed by atoms with Crippen LogP contribution in [0, 0.1) is 17.0 Å². The van der Waals surface area contributed by atoms with Crippen molar-refractivity contribution in [1.29, 1.82) is 0 Å². The van der Waals surface area contributed by atoms with Gasteiger partial charge < -0.3 is 10.1 Å². The van der Waals surface area contributed by atoms with E-state index in [1.807, 2.05) is 0 Å². The second-order valence-electron chi connectivity index (χ2n) is 6.42. The van der Waals surface area contributed by atoms with E-state index in [0.29, 0.717) is 34.8 Å². The molecular weight excluding hydrogens is 422 g/mol. The van der Waals surface area contributed by atoms with Gasteiger partial charge in [0.1, 0.15) is 16.3 Å². The fourth-order valence-corrected chi connectivity index (χ4v) is 3.54. The molecule has 10 nitrogen and oxygen atoms in total. The summed E-state index contributed by atoms with van der Waals surface area (Å²) in [6.45, 7) is 1.89. The van der Waals surface area contributed by atoms with E-state index in [1.165, 1.54) is 13.2 Å². The van der Waals surface area contributed by atoms with Crippen LogP contribution in [0.15, 0.2) is 42.5 Å². The molecule has 2 aromatic carbocycles. The maximum atomic E-state index is 12.5. The van der Waals surface area contributed by atoms with Crippen LogP contribution in [0.5, 0.6) is 5.75 Å². The minimum absolute atomic E-state index is 0.0488. The van der Waals surface area contributed by atoms with Gasteiger partial charge in [0.05, 0.1) is 12.0 Å². The lowest BCUT2D eigenvalue weighted by molar-refractivity contribution is -0.385. The van der Waals surface area contributed by atoms with Crippen molar-refractivity contribution < 1.29 is 19.2 Å². The van der Waals surface area contributed by atoms with E-state index in [1.54, 1.807) is 43.3 Å². The van der Waals surface area contributed by atoms with Crippen molar-refractivity contribution in [2.75, 3.05) is 19.0 Å². The molecule has 3 aromatic rings. The van der Waals surface area contributed by atoms with Crippen LogP contribution in [-0.4, -0.2) is 40.6 Å². The largest absolute Gasteiger partial charge is 0.497 e. The summed E-state index contributed by atoms with van der Waals surface area (Å²) in [5.41, 5.74) is 0.573. The third kappa shape index (κ3) is 5.39. The summed E-state index contributed by atoms with van der Waals surface area (Å²) in [5.74, 6) is -0.292. The second-order valence-corrected chi connectivity index (χ2v) is 7.48. The molecule has 0 saturated carbocycles. The molecule has 0 saturated heterocycles. The Bertz CT molecular complexity index is 1130. The molecule has 31 heavy (non-hydrogen) atoms. The highest BCUT2D eigenvalue weighted by Gasteiger charge is 2.23. The SMILES string of the molecule is COc1cccc(C(=O)NCCc2nnc(NC(=O)c3cccc(C)c3[N+](=O)[O-])s2)c1. The molecule has 0 bridgehead atoms. The molecular formula is C20H19N5O5S. The van der Waals surface area contributed by atoms with E-state index in [9.17, 15) is 19.7 Å². The number of amides is 2. The lowest BCUT2D eigenvalue weighted by atomic mass is 10.1. The fraction of sp³-hybridized carbons (Fsp3) is 0.200. The monoisotopic (exact) mass is 441 g/mol. The van der Waals surface area contributed by atoms with Crippen LogP contribution in [0.1, 0.15) is 31.3 Å². The van der Waals surface area contributed by atoms with Gasteiger partial charge in [-0.3, -0.25) is 25.0 Å². The standard InChI is InChI=1S/C20H19N5O5S/c1-12-5-3-8-15(17(12)25(28)29)19(27)22-20-24-23-16(31-20)9-10-21-18(26)13-6-4-7-14(11-13)30-2/h3-8,11H,9-10H2,1-2H3,(H,21,26)(H,22,24,27). The molecule has 0 aliphatic carbocycles. The number of carbonyl (C=O) groups is 2. The van der Waals surface area contributed by atoms with Crippen LogP contribution in [0.4, 0.5) is 10.8 Å². The molecule has 2 N–H and O–H groups in total. The van der Waals surface area contributed by atoms with Crippen molar-refractivity contribution >= 4 is 34.0 Å². The molecule has 2 amide bonds. The number of aryl methyl sites for hydroxylation is 1. The number of hydrogen-bond donors (Lipinski definition) is 2. The van der Waals surface area contributed by atoms with Gasteiger partial charge >= 0.3 is 0 Å². The Kier molecular flexibility index (Phi) is 6.88. The van der Waals surface area contributed by atoms with Crippen molar-refractivity contribution in [2.45, 2.75) is 13.3 Å². The zero-order valence-corrected chi connectivity index (χ0v) is 17.6. The summed E-state index contributed by atoms with van der Waals surface area (Å²) in [5, 5.41) is 25.3. The Morgan fingerprint density at radius 3 is 2.68 bits per heavy atom. The quantitative estimate of drug-likeness (QED) is 0.405. The molecule has 0 aliphatic heterocycles. The molecule has 1 aromatic heterocycles. The smallest absolute Gasteiger partial charge is 0.285 e. The van der Waals surface area contributed by atoms with Crippen LogP contribution < -0.4 is 15.4 Å². The van der Waals surface area contributed by atoms with E-state index in [2.05, 4.69) is 20.8 Å². The first kappa shape index (κ1) is 21.8.